The van der Waals surface area contributed by atoms with Crippen LogP contribution in [0, 0.1) is 5.41 Å². The van der Waals surface area contributed by atoms with Crippen LogP contribution >= 0.6 is 0 Å². The van der Waals surface area contributed by atoms with E-state index in [0.717, 1.165) is 11.1 Å². The van der Waals surface area contributed by atoms with E-state index in [1.54, 1.807) is 0 Å². The smallest absolute Gasteiger partial charge is 0.0687 e. The van der Waals surface area contributed by atoms with Crippen LogP contribution in [0.2, 0.25) is 0 Å². The normalized spacial score (nSPS) is 15.7. The molecule has 1 heteroatoms. The highest BCUT2D eigenvalue weighted by Crippen LogP contribution is 2.42. The predicted molar refractivity (Wildman–Crippen MR) is 101 cm³/mol. The van der Waals surface area contributed by atoms with Crippen molar-refractivity contribution in [2.75, 3.05) is 0 Å². The molecule has 0 saturated heterocycles. The zero-order chi connectivity index (χ0) is 16.5. The fourth-order valence-electron chi connectivity index (χ4n) is 3.63. The number of allylic oxidation sites excluding steroid dienone is 1. The molecule has 1 nitrogen and oxygen atoms in total. The molecule has 1 N–H and O–H groups in total. The van der Waals surface area contributed by atoms with E-state index in [4.69, 9.17) is 5.41 Å². The Morgan fingerprint density at radius 2 is 1.38 bits per heavy atom. The predicted octanol–water partition coefficient (Wildman–Crippen LogP) is 5.65. The van der Waals surface area contributed by atoms with Gasteiger partial charge in [-0.25, -0.2) is 0 Å². The molecule has 0 heterocycles. The van der Waals surface area contributed by atoms with E-state index in [0.29, 0.717) is 5.71 Å². The molecule has 4 rings (SSSR count). The molecule has 0 aliphatic heterocycles. The molecule has 1 aliphatic rings. The summed E-state index contributed by atoms with van der Waals surface area (Å²) in [5, 5.41) is 8.71. The summed E-state index contributed by atoms with van der Waals surface area (Å²) in [5.74, 6) is 0.237. The third-order valence-corrected chi connectivity index (χ3v) is 4.75. The Balaban J connectivity index is 1.84. The van der Waals surface area contributed by atoms with Crippen molar-refractivity contribution in [3.05, 3.63) is 112 Å². The van der Waals surface area contributed by atoms with Crippen molar-refractivity contribution in [2.24, 2.45) is 0 Å². The van der Waals surface area contributed by atoms with Gasteiger partial charge < -0.3 is 0 Å². The minimum absolute atomic E-state index is 0.237. The average molecular weight is 309 g/mol. The lowest BCUT2D eigenvalue weighted by molar-refractivity contribution is 0.972. The van der Waals surface area contributed by atoms with Crippen LogP contribution in [0.15, 0.2) is 84.4 Å². The van der Waals surface area contributed by atoms with Crippen molar-refractivity contribution in [1.29, 1.82) is 5.41 Å². The Kier molecular flexibility index (Phi) is 3.62. The van der Waals surface area contributed by atoms with Crippen LogP contribution in [0.1, 0.15) is 40.7 Å². The number of fused-ring (bicyclic) bond motifs is 1. The van der Waals surface area contributed by atoms with Crippen molar-refractivity contribution in [2.45, 2.75) is 12.8 Å². The second kappa shape index (κ2) is 5.93. The van der Waals surface area contributed by atoms with Gasteiger partial charge >= 0.3 is 0 Å². The minimum Gasteiger partial charge on any atom is -0.300 e. The molecule has 0 bridgehead atoms. The number of benzene rings is 3. The average Bonchev–Trinajstić information content (AvgIpc) is 2.97. The standard InChI is InChI=1S/C23H19N/c1-16-15-18-11-5-6-12-19(18)22(16)20-13-7-8-14-21(20)23(24)17-9-3-2-4-10-17/h2-15,22,24H,1H3. The molecule has 3 aromatic carbocycles. The SMILES string of the molecule is CC1=Cc2ccccc2C1c1ccccc1C(=N)c1ccccc1. The van der Waals surface area contributed by atoms with Gasteiger partial charge in [0.2, 0.25) is 0 Å². The topological polar surface area (TPSA) is 23.9 Å². The maximum atomic E-state index is 8.71. The summed E-state index contributed by atoms with van der Waals surface area (Å²) in [5.41, 5.74) is 7.73. The first-order valence-electron chi connectivity index (χ1n) is 8.26. The Bertz CT molecular complexity index is 935. The summed E-state index contributed by atoms with van der Waals surface area (Å²) < 4.78 is 0. The quantitative estimate of drug-likeness (QED) is 0.604. The highest BCUT2D eigenvalue weighted by molar-refractivity contribution is 6.12. The largest absolute Gasteiger partial charge is 0.300 e. The van der Waals surface area contributed by atoms with Crippen LogP contribution < -0.4 is 0 Å². The number of hydrogen-bond donors (Lipinski definition) is 1. The molecule has 0 fully saturated rings. The molecular formula is C23H19N. The van der Waals surface area contributed by atoms with Gasteiger partial charge in [0.15, 0.2) is 0 Å². The molecule has 0 amide bonds. The minimum atomic E-state index is 0.237. The van der Waals surface area contributed by atoms with Gasteiger partial charge in [0.1, 0.15) is 0 Å². The first-order chi connectivity index (χ1) is 11.8. The van der Waals surface area contributed by atoms with E-state index in [1.165, 1.54) is 22.3 Å². The van der Waals surface area contributed by atoms with E-state index < -0.39 is 0 Å². The van der Waals surface area contributed by atoms with Crippen molar-refractivity contribution >= 4 is 11.8 Å². The Labute approximate surface area is 142 Å². The summed E-state index contributed by atoms with van der Waals surface area (Å²) in [6.45, 7) is 2.19. The lowest BCUT2D eigenvalue weighted by Gasteiger charge is -2.19. The van der Waals surface area contributed by atoms with Gasteiger partial charge in [-0.3, -0.25) is 5.41 Å². The summed E-state index contributed by atoms with van der Waals surface area (Å²) in [6.07, 6.45) is 2.27. The highest BCUT2D eigenvalue weighted by atomic mass is 14.4. The third-order valence-electron chi connectivity index (χ3n) is 4.75. The lowest BCUT2D eigenvalue weighted by Crippen LogP contribution is -2.09. The van der Waals surface area contributed by atoms with E-state index in [9.17, 15) is 0 Å². The van der Waals surface area contributed by atoms with Crippen LogP contribution in [-0.4, -0.2) is 5.71 Å². The number of hydrogen-bond acceptors (Lipinski definition) is 1. The number of rotatable bonds is 3. The van der Waals surface area contributed by atoms with Crippen LogP contribution in [-0.2, 0) is 0 Å². The second-order valence-corrected chi connectivity index (χ2v) is 6.28. The van der Waals surface area contributed by atoms with Gasteiger partial charge in [-0.15, -0.1) is 0 Å². The van der Waals surface area contributed by atoms with Crippen LogP contribution in [0.4, 0.5) is 0 Å². The van der Waals surface area contributed by atoms with Gasteiger partial charge in [0, 0.05) is 17.0 Å². The van der Waals surface area contributed by atoms with Gasteiger partial charge in [-0.1, -0.05) is 90.5 Å². The second-order valence-electron chi connectivity index (χ2n) is 6.28. The summed E-state index contributed by atoms with van der Waals surface area (Å²) in [7, 11) is 0. The first-order valence-corrected chi connectivity index (χ1v) is 8.26. The van der Waals surface area contributed by atoms with Gasteiger partial charge in [0.05, 0.1) is 5.71 Å². The molecule has 1 atom stereocenters. The van der Waals surface area contributed by atoms with Crippen molar-refractivity contribution in [1.82, 2.24) is 0 Å². The van der Waals surface area contributed by atoms with E-state index >= 15 is 0 Å². The molecular weight excluding hydrogens is 290 g/mol. The maximum Gasteiger partial charge on any atom is 0.0687 e. The van der Waals surface area contributed by atoms with Crippen LogP contribution in [0.5, 0.6) is 0 Å². The van der Waals surface area contributed by atoms with Gasteiger partial charge in [-0.2, -0.15) is 0 Å². The summed E-state index contributed by atoms with van der Waals surface area (Å²) >= 11 is 0. The molecule has 0 saturated carbocycles. The Morgan fingerprint density at radius 3 is 2.17 bits per heavy atom. The summed E-state index contributed by atoms with van der Waals surface area (Å²) in [6, 6.07) is 26.9. The fraction of sp³-hybridized carbons (Fsp3) is 0.0870. The fourth-order valence-corrected chi connectivity index (χ4v) is 3.63. The molecule has 24 heavy (non-hydrogen) atoms. The van der Waals surface area contributed by atoms with Gasteiger partial charge in [-0.05, 0) is 23.6 Å². The molecule has 1 aliphatic carbocycles. The molecule has 0 spiro atoms. The number of nitrogens with one attached hydrogen (secondary N) is 1. The molecule has 1 unspecified atom stereocenters. The van der Waals surface area contributed by atoms with Crippen molar-refractivity contribution in [3.63, 3.8) is 0 Å². The lowest BCUT2D eigenvalue weighted by atomic mass is 9.84. The molecule has 3 aromatic rings. The molecule has 0 aromatic heterocycles. The Morgan fingerprint density at radius 1 is 0.750 bits per heavy atom. The zero-order valence-corrected chi connectivity index (χ0v) is 13.7. The Hall–Kier alpha value is -2.93. The van der Waals surface area contributed by atoms with Gasteiger partial charge in [0.25, 0.3) is 0 Å². The van der Waals surface area contributed by atoms with Crippen molar-refractivity contribution < 1.29 is 0 Å². The summed E-state index contributed by atoms with van der Waals surface area (Å²) in [4.78, 5) is 0. The van der Waals surface area contributed by atoms with Crippen molar-refractivity contribution in [3.8, 4) is 0 Å². The maximum absolute atomic E-state index is 8.71. The van der Waals surface area contributed by atoms with Crippen LogP contribution in [0.25, 0.3) is 6.08 Å². The zero-order valence-electron chi connectivity index (χ0n) is 13.7. The first kappa shape index (κ1) is 14.6. The van der Waals surface area contributed by atoms with Crippen LogP contribution in [0.3, 0.4) is 0 Å². The monoisotopic (exact) mass is 309 g/mol. The molecule has 0 radical (unpaired) electrons. The third kappa shape index (κ3) is 2.39. The van der Waals surface area contributed by atoms with E-state index in [-0.39, 0.29) is 5.92 Å². The van der Waals surface area contributed by atoms with E-state index in [2.05, 4.69) is 55.5 Å². The highest BCUT2D eigenvalue weighted by Gasteiger charge is 2.26. The molecule has 116 valence electrons. The van der Waals surface area contributed by atoms with E-state index in [1.807, 2.05) is 36.4 Å².